The molecular weight excluding hydrogens is 306 g/mol. The first-order valence-corrected chi connectivity index (χ1v) is 8.86. The second-order valence-electron chi connectivity index (χ2n) is 6.79. The molecule has 1 saturated heterocycles. The molecule has 2 nitrogen and oxygen atoms in total. The zero-order valence-corrected chi connectivity index (χ0v) is 15.3. The molecule has 0 atom stereocenters. The Morgan fingerprint density at radius 2 is 1.20 bits per heavy atom. The van der Waals surface area contributed by atoms with E-state index >= 15 is 0 Å². The molecule has 25 heavy (non-hydrogen) atoms. The third kappa shape index (κ3) is 4.34. The fourth-order valence-corrected chi connectivity index (χ4v) is 3.06. The van der Waals surface area contributed by atoms with Gasteiger partial charge < -0.3 is 0 Å². The van der Waals surface area contributed by atoms with Crippen LogP contribution in [0.2, 0.25) is 0 Å². The largest absolute Gasteiger partial charge is 0.295 e. The molecule has 0 saturated carbocycles. The summed E-state index contributed by atoms with van der Waals surface area (Å²) in [5.74, 6) is 0.172. The van der Waals surface area contributed by atoms with Crippen LogP contribution < -0.4 is 0 Å². The maximum absolute atomic E-state index is 13.0. The average Bonchev–Trinajstić information content (AvgIpc) is 2.62. The standard InChI is InChI=1S/C23H25NO/c1-4-24-15-21(13-19-9-5-17(2)6-10-19)23(25)22(16-24)14-20-11-7-18(3)8-12-20/h5-14H,4,15-16H2,1-3H3/b21-13+,22-14+. The van der Waals surface area contributed by atoms with Crippen LogP contribution in [0.4, 0.5) is 0 Å². The van der Waals surface area contributed by atoms with E-state index < -0.39 is 0 Å². The molecule has 0 unspecified atom stereocenters. The number of benzene rings is 2. The van der Waals surface area contributed by atoms with Gasteiger partial charge in [0.25, 0.3) is 0 Å². The molecule has 1 aliphatic rings. The Labute approximate surface area is 150 Å². The first-order chi connectivity index (χ1) is 12.0. The topological polar surface area (TPSA) is 20.3 Å². The van der Waals surface area contributed by atoms with Crippen molar-refractivity contribution in [2.75, 3.05) is 19.6 Å². The van der Waals surface area contributed by atoms with Crippen molar-refractivity contribution in [1.82, 2.24) is 4.90 Å². The van der Waals surface area contributed by atoms with Gasteiger partial charge in [-0.2, -0.15) is 0 Å². The number of Topliss-reactive ketones (excluding diaryl/α,β-unsaturated/α-hetero) is 1. The normalized spacial score (nSPS) is 18.9. The van der Waals surface area contributed by atoms with Crippen molar-refractivity contribution in [3.05, 3.63) is 81.9 Å². The first kappa shape index (κ1) is 17.4. The van der Waals surface area contributed by atoms with Crippen LogP contribution in [0.15, 0.2) is 59.7 Å². The SMILES string of the molecule is CCN1C/C(=C\c2ccc(C)cc2)C(=O)/C(=C/c2ccc(C)cc2)C1. The molecule has 0 radical (unpaired) electrons. The highest BCUT2D eigenvalue weighted by Crippen LogP contribution is 2.22. The Kier molecular flexibility index (Phi) is 5.30. The molecule has 128 valence electrons. The summed E-state index contributed by atoms with van der Waals surface area (Å²) in [7, 11) is 0. The van der Waals surface area contributed by atoms with Crippen molar-refractivity contribution < 1.29 is 4.79 Å². The molecule has 0 amide bonds. The van der Waals surface area contributed by atoms with E-state index in [9.17, 15) is 4.79 Å². The Bertz CT molecular complexity index is 743. The molecular formula is C23H25NO. The third-order valence-corrected chi connectivity index (χ3v) is 4.65. The van der Waals surface area contributed by atoms with Gasteiger partial charge in [-0.25, -0.2) is 0 Å². The highest BCUT2D eigenvalue weighted by atomic mass is 16.1. The lowest BCUT2D eigenvalue weighted by Gasteiger charge is -2.28. The minimum atomic E-state index is 0.172. The molecule has 2 aromatic rings. The lowest BCUT2D eigenvalue weighted by molar-refractivity contribution is -0.113. The van der Waals surface area contributed by atoms with E-state index in [4.69, 9.17) is 0 Å². The number of likely N-dealkylation sites (tertiary alicyclic amines) is 1. The van der Waals surface area contributed by atoms with Crippen LogP contribution in [0.1, 0.15) is 29.2 Å². The van der Waals surface area contributed by atoms with Crippen LogP contribution in [0.3, 0.4) is 0 Å². The Balaban J connectivity index is 1.93. The predicted octanol–water partition coefficient (Wildman–Crippen LogP) is 4.68. The summed E-state index contributed by atoms with van der Waals surface area (Å²) < 4.78 is 0. The van der Waals surface area contributed by atoms with Crippen LogP contribution >= 0.6 is 0 Å². The van der Waals surface area contributed by atoms with E-state index in [1.807, 2.05) is 12.2 Å². The number of ketones is 1. The summed E-state index contributed by atoms with van der Waals surface area (Å²) in [4.78, 5) is 15.3. The number of hydrogen-bond donors (Lipinski definition) is 0. The van der Waals surface area contributed by atoms with Crippen molar-refractivity contribution in [2.24, 2.45) is 0 Å². The summed E-state index contributed by atoms with van der Waals surface area (Å²) in [5.41, 5.74) is 6.37. The number of nitrogens with zero attached hydrogens (tertiary/aromatic N) is 1. The minimum Gasteiger partial charge on any atom is -0.295 e. The van der Waals surface area contributed by atoms with Gasteiger partial charge in [0.05, 0.1) is 0 Å². The maximum atomic E-state index is 13.0. The number of carbonyl (C=O) groups excluding carboxylic acids is 1. The Morgan fingerprint density at radius 1 is 0.800 bits per heavy atom. The van der Waals surface area contributed by atoms with Crippen LogP contribution in [-0.4, -0.2) is 30.3 Å². The summed E-state index contributed by atoms with van der Waals surface area (Å²) in [6.07, 6.45) is 4.07. The summed E-state index contributed by atoms with van der Waals surface area (Å²) in [6.45, 7) is 8.66. The molecule has 0 N–H and O–H groups in total. The van der Waals surface area contributed by atoms with Crippen molar-refractivity contribution in [1.29, 1.82) is 0 Å². The van der Waals surface area contributed by atoms with Gasteiger partial charge in [0, 0.05) is 24.2 Å². The second-order valence-corrected chi connectivity index (χ2v) is 6.79. The highest BCUT2D eigenvalue weighted by molar-refractivity contribution is 6.14. The van der Waals surface area contributed by atoms with E-state index in [0.717, 1.165) is 28.8 Å². The van der Waals surface area contributed by atoms with Gasteiger partial charge >= 0.3 is 0 Å². The molecule has 1 heterocycles. The molecule has 2 heteroatoms. The van der Waals surface area contributed by atoms with Gasteiger partial charge in [-0.15, -0.1) is 0 Å². The average molecular weight is 331 g/mol. The van der Waals surface area contributed by atoms with Crippen LogP contribution in [-0.2, 0) is 4.79 Å². The van der Waals surface area contributed by atoms with Gasteiger partial charge in [0.2, 0.25) is 0 Å². The van der Waals surface area contributed by atoms with Gasteiger partial charge in [0.15, 0.2) is 5.78 Å². The number of likely N-dealkylation sites (N-methyl/N-ethyl adjacent to an activating group) is 1. The van der Waals surface area contributed by atoms with Gasteiger partial charge in [-0.05, 0) is 43.7 Å². The molecule has 0 aromatic heterocycles. The fourth-order valence-electron chi connectivity index (χ4n) is 3.06. The lowest BCUT2D eigenvalue weighted by atomic mass is 9.94. The van der Waals surface area contributed by atoms with Gasteiger partial charge in [0.1, 0.15) is 0 Å². The highest BCUT2D eigenvalue weighted by Gasteiger charge is 2.25. The van der Waals surface area contributed by atoms with Crippen molar-refractivity contribution in [2.45, 2.75) is 20.8 Å². The van der Waals surface area contributed by atoms with Crippen molar-refractivity contribution in [3.8, 4) is 0 Å². The number of carbonyl (C=O) groups is 1. The van der Waals surface area contributed by atoms with E-state index in [0.29, 0.717) is 13.1 Å². The zero-order valence-electron chi connectivity index (χ0n) is 15.3. The molecule has 3 rings (SSSR count). The smallest absolute Gasteiger partial charge is 0.187 e. The number of hydrogen-bond acceptors (Lipinski definition) is 2. The van der Waals surface area contributed by atoms with E-state index in [1.165, 1.54) is 11.1 Å². The molecule has 1 aliphatic heterocycles. The molecule has 0 aliphatic carbocycles. The third-order valence-electron chi connectivity index (χ3n) is 4.65. The predicted molar refractivity (Wildman–Crippen MR) is 105 cm³/mol. The lowest BCUT2D eigenvalue weighted by Crippen LogP contribution is -2.37. The Hall–Kier alpha value is -2.45. The monoisotopic (exact) mass is 331 g/mol. The van der Waals surface area contributed by atoms with Crippen molar-refractivity contribution >= 4 is 17.9 Å². The Morgan fingerprint density at radius 3 is 1.56 bits per heavy atom. The minimum absolute atomic E-state index is 0.172. The molecule has 2 aromatic carbocycles. The molecule has 1 fully saturated rings. The van der Waals surface area contributed by atoms with Gasteiger partial charge in [-0.1, -0.05) is 66.6 Å². The summed E-state index contributed by atoms with van der Waals surface area (Å²) in [6, 6.07) is 16.6. The first-order valence-electron chi connectivity index (χ1n) is 8.86. The number of aryl methyl sites for hydroxylation is 2. The molecule has 0 spiro atoms. The number of rotatable bonds is 3. The van der Waals surface area contributed by atoms with E-state index in [-0.39, 0.29) is 5.78 Å². The van der Waals surface area contributed by atoms with Crippen molar-refractivity contribution in [3.63, 3.8) is 0 Å². The van der Waals surface area contributed by atoms with Crippen LogP contribution in [0.25, 0.3) is 12.2 Å². The quantitative estimate of drug-likeness (QED) is 0.762. The summed E-state index contributed by atoms with van der Waals surface area (Å²) >= 11 is 0. The van der Waals surface area contributed by atoms with Crippen LogP contribution in [0.5, 0.6) is 0 Å². The fraction of sp³-hybridized carbons (Fsp3) is 0.261. The van der Waals surface area contributed by atoms with Gasteiger partial charge in [-0.3, -0.25) is 9.69 Å². The second kappa shape index (κ2) is 7.62. The van der Waals surface area contributed by atoms with E-state index in [1.54, 1.807) is 0 Å². The zero-order chi connectivity index (χ0) is 17.8. The number of piperidine rings is 1. The molecule has 0 bridgehead atoms. The van der Waals surface area contributed by atoms with E-state index in [2.05, 4.69) is 74.2 Å². The maximum Gasteiger partial charge on any atom is 0.187 e. The van der Waals surface area contributed by atoms with Crippen LogP contribution in [0, 0.1) is 13.8 Å². The summed E-state index contributed by atoms with van der Waals surface area (Å²) in [5, 5.41) is 0.